The minimum Gasteiger partial charge on any atom is -0.472 e. The smallest absolute Gasteiger partial charge is 0.257 e. The first-order valence-electron chi connectivity index (χ1n) is 8.58. The molecule has 0 unspecified atom stereocenters. The maximum atomic E-state index is 12.6. The Balaban J connectivity index is 1.43. The van der Waals surface area contributed by atoms with Gasteiger partial charge in [0.2, 0.25) is 0 Å². The number of ether oxygens (including phenoxy) is 1. The van der Waals surface area contributed by atoms with Crippen LogP contribution in [0.15, 0.2) is 53.7 Å². The Morgan fingerprint density at radius 2 is 2.12 bits per heavy atom. The quantitative estimate of drug-likeness (QED) is 0.706. The molecule has 3 aromatic rings. The van der Waals surface area contributed by atoms with Gasteiger partial charge in [-0.25, -0.2) is 4.98 Å². The topological polar surface area (TPSA) is 73.4 Å². The summed E-state index contributed by atoms with van der Waals surface area (Å²) in [6.07, 6.45) is 8.35. The molecule has 26 heavy (non-hydrogen) atoms. The zero-order valence-electron chi connectivity index (χ0n) is 14.5. The van der Waals surface area contributed by atoms with Crippen molar-refractivity contribution in [2.24, 2.45) is 0 Å². The zero-order valence-corrected chi connectivity index (χ0v) is 14.5. The third-order valence-electron chi connectivity index (χ3n) is 4.67. The van der Waals surface area contributed by atoms with E-state index in [0.29, 0.717) is 31.9 Å². The fraction of sp³-hybridized carbons (Fsp3) is 0.316. The van der Waals surface area contributed by atoms with Crippen LogP contribution in [0, 0.1) is 0 Å². The SMILES string of the molecule is C[C@@H]1c2ncc(COCc3ccncc3)n2CCN1C(=O)c1ccoc1. The standard InChI is InChI=1S/C19H20N4O3/c1-14-18-21-10-17(13-26-11-15-2-5-20-6-3-15)23(18)8-7-22(14)19(24)16-4-9-25-12-16/h2-6,9-10,12,14H,7-8,11,13H2,1H3/t14-/m1/s1. The molecule has 0 radical (unpaired) electrons. The van der Waals surface area contributed by atoms with Gasteiger partial charge in [-0.3, -0.25) is 9.78 Å². The van der Waals surface area contributed by atoms with Crippen LogP contribution in [0.1, 0.15) is 40.4 Å². The number of rotatable bonds is 5. The monoisotopic (exact) mass is 352 g/mol. The third-order valence-corrected chi connectivity index (χ3v) is 4.67. The fourth-order valence-corrected chi connectivity index (χ4v) is 3.26. The van der Waals surface area contributed by atoms with Gasteiger partial charge in [0.25, 0.3) is 5.91 Å². The van der Waals surface area contributed by atoms with E-state index in [1.165, 1.54) is 12.5 Å². The number of carbonyl (C=O) groups is 1. The second-order valence-corrected chi connectivity index (χ2v) is 6.29. The van der Waals surface area contributed by atoms with E-state index < -0.39 is 0 Å². The van der Waals surface area contributed by atoms with Crippen molar-refractivity contribution < 1.29 is 13.9 Å². The Hall–Kier alpha value is -2.93. The Morgan fingerprint density at radius 1 is 1.27 bits per heavy atom. The van der Waals surface area contributed by atoms with Gasteiger partial charge in [0.05, 0.1) is 43.0 Å². The van der Waals surface area contributed by atoms with Crippen molar-refractivity contribution >= 4 is 5.91 Å². The van der Waals surface area contributed by atoms with Crippen LogP contribution in [0.4, 0.5) is 0 Å². The highest BCUT2D eigenvalue weighted by Gasteiger charge is 2.31. The molecule has 7 nitrogen and oxygen atoms in total. The van der Waals surface area contributed by atoms with Gasteiger partial charge in [0.15, 0.2) is 0 Å². The molecule has 7 heteroatoms. The van der Waals surface area contributed by atoms with Crippen LogP contribution in [0.25, 0.3) is 0 Å². The predicted octanol–water partition coefficient (Wildman–Crippen LogP) is 2.80. The molecule has 4 heterocycles. The van der Waals surface area contributed by atoms with Gasteiger partial charge >= 0.3 is 0 Å². The summed E-state index contributed by atoms with van der Waals surface area (Å²) in [7, 11) is 0. The molecule has 1 aliphatic rings. The Bertz CT molecular complexity index is 874. The lowest BCUT2D eigenvalue weighted by molar-refractivity contribution is 0.0624. The van der Waals surface area contributed by atoms with Crippen LogP contribution >= 0.6 is 0 Å². The number of fused-ring (bicyclic) bond motifs is 1. The summed E-state index contributed by atoms with van der Waals surface area (Å²) in [5.41, 5.74) is 2.68. The van der Waals surface area contributed by atoms with Crippen LogP contribution in [0.2, 0.25) is 0 Å². The molecule has 0 N–H and O–H groups in total. The van der Waals surface area contributed by atoms with E-state index in [1.807, 2.05) is 30.2 Å². The molecule has 1 aliphatic heterocycles. The zero-order chi connectivity index (χ0) is 17.9. The molecular weight excluding hydrogens is 332 g/mol. The second kappa shape index (κ2) is 7.13. The average Bonchev–Trinajstić information content (AvgIpc) is 3.33. The van der Waals surface area contributed by atoms with Gasteiger partial charge in [-0.15, -0.1) is 0 Å². The fourth-order valence-electron chi connectivity index (χ4n) is 3.26. The van der Waals surface area contributed by atoms with Crippen molar-refractivity contribution in [3.8, 4) is 0 Å². The number of pyridine rings is 1. The minimum absolute atomic E-state index is 0.0315. The van der Waals surface area contributed by atoms with Gasteiger partial charge in [0, 0.05) is 25.5 Å². The Labute approximate surface area is 151 Å². The second-order valence-electron chi connectivity index (χ2n) is 6.29. The molecule has 0 aromatic carbocycles. The van der Waals surface area contributed by atoms with Gasteiger partial charge in [0.1, 0.15) is 12.1 Å². The van der Waals surface area contributed by atoms with Crippen molar-refractivity contribution in [1.82, 2.24) is 19.4 Å². The summed E-state index contributed by atoms with van der Waals surface area (Å²) >= 11 is 0. The summed E-state index contributed by atoms with van der Waals surface area (Å²) in [6, 6.07) is 5.47. The molecule has 0 bridgehead atoms. The van der Waals surface area contributed by atoms with Gasteiger partial charge in [-0.1, -0.05) is 0 Å². The molecule has 0 spiro atoms. The van der Waals surface area contributed by atoms with Crippen LogP contribution < -0.4 is 0 Å². The van der Waals surface area contributed by atoms with Crippen LogP contribution in [-0.2, 0) is 24.5 Å². The Kier molecular flexibility index (Phi) is 4.53. The Morgan fingerprint density at radius 3 is 2.88 bits per heavy atom. The number of carbonyl (C=O) groups excluding carboxylic acids is 1. The van der Waals surface area contributed by atoms with Crippen molar-refractivity contribution in [2.45, 2.75) is 32.7 Å². The highest BCUT2D eigenvalue weighted by atomic mass is 16.5. The van der Waals surface area contributed by atoms with Crippen molar-refractivity contribution in [3.63, 3.8) is 0 Å². The lowest BCUT2D eigenvalue weighted by Crippen LogP contribution is -2.41. The maximum Gasteiger partial charge on any atom is 0.257 e. The maximum absolute atomic E-state index is 12.6. The molecule has 0 fully saturated rings. The molecule has 0 saturated carbocycles. The summed E-state index contributed by atoms with van der Waals surface area (Å²) in [4.78, 5) is 23.0. The van der Waals surface area contributed by atoms with Crippen molar-refractivity contribution in [2.75, 3.05) is 6.54 Å². The summed E-state index contributed by atoms with van der Waals surface area (Å²) in [6.45, 7) is 4.35. The van der Waals surface area contributed by atoms with E-state index >= 15 is 0 Å². The number of furan rings is 1. The van der Waals surface area contributed by atoms with Gasteiger partial charge in [-0.2, -0.15) is 0 Å². The molecule has 134 valence electrons. The molecule has 1 amide bonds. The number of hydrogen-bond acceptors (Lipinski definition) is 5. The van der Waals surface area contributed by atoms with Crippen LogP contribution in [0.3, 0.4) is 0 Å². The van der Waals surface area contributed by atoms with Gasteiger partial charge < -0.3 is 18.6 Å². The number of hydrogen-bond donors (Lipinski definition) is 0. The first kappa shape index (κ1) is 16.5. The third kappa shape index (κ3) is 3.13. The molecule has 3 aromatic heterocycles. The van der Waals surface area contributed by atoms with E-state index in [4.69, 9.17) is 9.15 Å². The van der Waals surface area contributed by atoms with Gasteiger partial charge in [-0.05, 0) is 30.7 Å². The lowest BCUT2D eigenvalue weighted by atomic mass is 10.1. The molecular formula is C19H20N4O3. The van der Waals surface area contributed by atoms with E-state index in [1.54, 1.807) is 18.5 Å². The normalized spacial score (nSPS) is 16.5. The van der Waals surface area contributed by atoms with Crippen molar-refractivity contribution in [3.05, 3.63) is 72.0 Å². The number of aromatic nitrogens is 3. The molecule has 0 saturated heterocycles. The number of amides is 1. The average molecular weight is 352 g/mol. The predicted molar refractivity (Wildman–Crippen MR) is 93.1 cm³/mol. The van der Waals surface area contributed by atoms with Crippen LogP contribution in [-0.4, -0.2) is 31.9 Å². The minimum atomic E-state index is -0.0971. The number of nitrogens with zero attached hydrogens (tertiary/aromatic N) is 4. The van der Waals surface area contributed by atoms with E-state index in [0.717, 1.165) is 17.1 Å². The first-order valence-corrected chi connectivity index (χ1v) is 8.58. The van der Waals surface area contributed by atoms with E-state index in [-0.39, 0.29) is 11.9 Å². The highest BCUT2D eigenvalue weighted by molar-refractivity contribution is 5.94. The molecule has 4 rings (SSSR count). The van der Waals surface area contributed by atoms with Crippen molar-refractivity contribution in [1.29, 1.82) is 0 Å². The molecule has 1 atom stereocenters. The molecule has 0 aliphatic carbocycles. The summed E-state index contributed by atoms with van der Waals surface area (Å²) in [5, 5.41) is 0. The number of imidazole rings is 1. The first-order chi connectivity index (χ1) is 12.7. The lowest BCUT2D eigenvalue weighted by Gasteiger charge is -2.34. The van der Waals surface area contributed by atoms with E-state index in [9.17, 15) is 4.79 Å². The van der Waals surface area contributed by atoms with Crippen LogP contribution in [0.5, 0.6) is 0 Å². The van der Waals surface area contributed by atoms with E-state index in [2.05, 4.69) is 14.5 Å². The summed E-state index contributed by atoms with van der Waals surface area (Å²) < 4.78 is 13.0. The largest absolute Gasteiger partial charge is 0.472 e. The summed E-state index contributed by atoms with van der Waals surface area (Å²) in [5.74, 6) is 0.853. The highest BCUT2D eigenvalue weighted by Crippen LogP contribution is 2.27.